The molecule has 3 rings (SSSR count). The van der Waals surface area contributed by atoms with E-state index in [1.54, 1.807) is 4.90 Å². The van der Waals surface area contributed by atoms with Crippen LogP contribution < -0.4 is 0 Å². The number of nitrogens with zero attached hydrogens (tertiary/aromatic N) is 2. The molecule has 0 spiro atoms. The largest absolute Gasteiger partial charge is 0.336 e. The van der Waals surface area contributed by atoms with Crippen LogP contribution in [0.25, 0.3) is 0 Å². The van der Waals surface area contributed by atoms with Crippen molar-refractivity contribution in [2.24, 2.45) is 0 Å². The molecule has 0 aromatic heterocycles. The summed E-state index contributed by atoms with van der Waals surface area (Å²) < 4.78 is 38.6. The standard InChI is InChI=1S/C14H17FN2O3S/c15-12-3-1-11(2-4-12)14(18)16-7-9-17(10-8-16)21(19,20)13-5-6-13/h1-4,13H,5-10H2. The van der Waals surface area contributed by atoms with E-state index in [2.05, 4.69) is 0 Å². The summed E-state index contributed by atoms with van der Waals surface area (Å²) in [5.41, 5.74) is 0.426. The minimum atomic E-state index is -3.16. The molecule has 1 amide bonds. The molecular formula is C14H17FN2O3S. The van der Waals surface area contributed by atoms with Gasteiger partial charge in [0.25, 0.3) is 5.91 Å². The second-order valence-corrected chi connectivity index (χ2v) is 7.66. The molecule has 1 aliphatic heterocycles. The average molecular weight is 312 g/mol. The van der Waals surface area contributed by atoms with E-state index in [-0.39, 0.29) is 17.0 Å². The van der Waals surface area contributed by atoms with E-state index in [0.29, 0.717) is 31.7 Å². The number of hydrogen-bond acceptors (Lipinski definition) is 3. The van der Waals surface area contributed by atoms with Crippen molar-refractivity contribution >= 4 is 15.9 Å². The number of amides is 1. The minimum Gasteiger partial charge on any atom is -0.336 e. The first-order valence-electron chi connectivity index (χ1n) is 7.02. The van der Waals surface area contributed by atoms with Gasteiger partial charge in [-0.25, -0.2) is 12.8 Å². The predicted molar refractivity (Wildman–Crippen MR) is 75.8 cm³/mol. The van der Waals surface area contributed by atoms with Crippen molar-refractivity contribution in [3.05, 3.63) is 35.6 Å². The number of hydrogen-bond donors (Lipinski definition) is 0. The number of piperazine rings is 1. The normalized spacial score (nSPS) is 20.5. The molecule has 1 aliphatic carbocycles. The average Bonchev–Trinajstić information content (AvgIpc) is 3.32. The lowest BCUT2D eigenvalue weighted by Crippen LogP contribution is -2.51. The van der Waals surface area contributed by atoms with Crippen molar-refractivity contribution in [2.75, 3.05) is 26.2 Å². The van der Waals surface area contributed by atoms with Crippen LogP contribution in [0.2, 0.25) is 0 Å². The van der Waals surface area contributed by atoms with Gasteiger partial charge in [0.05, 0.1) is 5.25 Å². The molecule has 21 heavy (non-hydrogen) atoms. The van der Waals surface area contributed by atoms with E-state index < -0.39 is 10.0 Å². The predicted octanol–water partition coefficient (Wildman–Crippen LogP) is 1.08. The van der Waals surface area contributed by atoms with Crippen LogP contribution in [0.1, 0.15) is 23.2 Å². The van der Waals surface area contributed by atoms with Crippen LogP contribution in [0.3, 0.4) is 0 Å². The van der Waals surface area contributed by atoms with E-state index in [9.17, 15) is 17.6 Å². The highest BCUT2D eigenvalue weighted by Crippen LogP contribution is 2.31. The molecule has 1 saturated heterocycles. The Bertz CT molecular complexity index is 633. The molecule has 0 atom stereocenters. The van der Waals surface area contributed by atoms with E-state index in [0.717, 1.165) is 12.8 Å². The van der Waals surface area contributed by atoms with Gasteiger partial charge in [0.15, 0.2) is 0 Å². The van der Waals surface area contributed by atoms with E-state index in [1.165, 1.54) is 28.6 Å². The molecule has 1 saturated carbocycles. The van der Waals surface area contributed by atoms with Gasteiger partial charge in [-0.2, -0.15) is 4.31 Å². The zero-order valence-corrected chi connectivity index (χ0v) is 12.4. The molecule has 2 aliphatic rings. The highest BCUT2D eigenvalue weighted by molar-refractivity contribution is 7.90. The Hall–Kier alpha value is -1.47. The summed E-state index contributed by atoms with van der Waals surface area (Å²) in [5, 5.41) is -0.211. The summed E-state index contributed by atoms with van der Waals surface area (Å²) in [6.07, 6.45) is 1.49. The van der Waals surface area contributed by atoms with Gasteiger partial charge in [0.1, 0.15) is 5.82 Å². The summed E-state index contributed by atoms with van der Waals surface area (Å²) in [5.74, 6) is -0.564. The molecule has 0 radical (unpaired) electrons. The van der Waals surface area contributed by atoms with Crippen molar-refractivity contribution in [2.45, 2.75) is 18.1 Å². The molecule has 0 bridgehead atoms. The van der Waals surface area contributed by atoms with Crippen molar-refractivity contribution in [1.82, 2.24) is 9.21 Å². The number of benzene rings is 1. The van der Waals surface area contributed by atoms with Gasteiger partial charge in [-0.05, 0) is 37.1 Å². The molecule has 2 fully saturated rings. The molecule has 5 nitrogen and oxygen atoms in total. The first-order valence-corrected chi connectivity index (χ1v) is 8.52. The topological polar surface area (TPSA) is 57.7 Å². The minimum absolute atomic E-state index is 0.182. The lowest BCUT2D eigenvalue weighted by molar-refractivity contribution is 0.0698. The van der Waals surface area contributed by atoms with E-state index >= 15 is 0 Å². The van der Waals surface area contributed by atoms with Crippen molar-refractivity contribution in [1.29, 1.82) is 0 Å². The number of carbonyl (C=O) groups excluding carboxylic acids is 1. The molecule has 1 heterocycles. The summed E-state index contributed by atoms with van der Waals surface area (Å²) in [6, 6.07) is 5.40. The fourth-order valence-electron chi connectivity index (χ4n) is 2.50. The van der Waals surface area contributed by atoms with Crippen LogP contribution in [0, 0.1) is 5.82 Å². The van der Waals surface area contributed by atoms with Gasteiger partial charge < -0.3 is 4.90 Å². The third kappa shape index (κ3) is 2.94. The van der Waals surface area contributed by atoms with E-state index in [1.807, 2.05) is 0 Å². The smallest absolute Gasteiger partial charge is 0.253 e. The third-order valence-electron chi connectivity index (χ3n) is 3.92. The second-order valence-electron chi connectivity index (χ2n) is 5.44. The second kappa shape index (κ2) is 5.38. The van der Waals surface area contributed by atoms with Gasteiger partial charge in [0, 0.05) is 31.7 Å². The Morgan fingerprint density at radius 2 is 1.62 bits per heavy atom. The molecule has 1 aromatic carbocycles. The van der Waals surface area contributed by atoms with E-state index in [4.69, 9.17) is 0 Å². The Labute approximate surface area is 123 Å². The maximum Gasteiger partial charge on any atom is 0.253 e. The van der Waals surface area contributed by atoms with Gasteiger partial charge in [-0.1, -0.05) is 0 Å². The summed E-state index contributed by atoms with van der Waals surface area (Å²) in [4.78, 5) is 13.9. The number of carbonyl (C=O) groups is 1. The third-order valence-corrected chi connectivity index (χ3v) is 6.32. The Kier molecular flexibility index (Phi) is 3.71. The highest BCUT2D eigenvalue weighted by atomic mass is 32.2. The zero-order valence-electron chi connectivity index (χ0n) is 11.5. The molecule has 1 aromatic rings. The molecule has 0 N–H and O–H groups in total. The monoisotopic (exact) mass is 312 g/mol. The maximum atomic E-state index is 12.9. The number of rotatable bonds is 3. The first kappa shape index (κ1) is 14.5. The van der Waals surface area contributed by atoms with Crippen LogP contribution in [-0.2, 0) is 10.0 Å². The Morgan fingerprint density at radius 3 is 2.14 bits per heavy atom. The first-order chi connectivity index (χ1) is 9.98. The van der Waals surface area contributed by atoms with Gasteiger partial charge in [-0.3, -0.25) is 4.79 Å². The van der Waals surface area contributed by atoms with Crippen LogP contribution in [0.15, 0.2) is 24.3 Å². The van der Waals surface area contributed by atoms with Crippen LogP contribution in [0.5, 0.6) is 0 Å². The molecular weight excluding hydrogens is 295 g/mol. The van der Waals surface area contributed by atoms with Gasteiger partial charge in [-0.15, -0.1) is 0 Å². The summed E-state index contributed by atoms with van der Waals surface area (Å²) in [7, 11) is -3.16. The summed E-state index contributed by atoms with van der Waals surface area (Å²) >= 11 is 0. The lowest BCUT2D eigenvalue weighted by atomic mass is 10.2. The van der Waals surface area contributed by atoms with Crippen LogP contribution >= 0.6 is 0 Å². The fourth-order valence-corrected chi connectivity index (χ4v) is 4.32. The van der Waals surface area contributed by atoms with Crippen molar-refractivity contribution in [3.8, 4) is 0 Å². The fraction of sp³-hybridized carbons (Fsp3) is 0.500. The maximum absolute atomic E-state index is 12.9. The highest BCUT2D eigenvalue weighted by Gasteiger charge is 2.41. The number of halogens is 1. The van der Waals surface area contributed by atoms with Gasteiger partial charge in [0.2, 0.25) is 10.0 Å². The van der Waals surface area contributed by atoms with Crippen LogP contribution in [-0.4, -0.2) is 55.0 Å². The lowest BCUT2D eigenvalue weighted by Gasteiger charge is -2.34. The molecule has 0 unspecified atom stereocenters. The summed E-state index contributed by atoms with van der Waals surface area (Å²) in [6.45, 7) is 1.43. The number of sulfonamides is 1. The van der Waals surface area contributed by atoms with Crippen molar-refractivity contribution < 1.29 is 17.6 Å². The Morgan fingerprint density at radius 1 is 1.05 bits per heavy atom. The quantitative estimate of drug-likeness (QED) is 0.839. The zero-order chi connectivity index (χ0) is 15.0. The van der Waals surface area contributed by atoms with Gasteiger partial charge >= 0.3 is 0 Å². The SMILES string of the molecule is O=C(c1ccc(F)cc1)N1CCN(S(=O)(=O)C2CC2)CC1. The van der Waals surface area contributed by atoms with Crippen molar-refractivity contribution in [3.63, 3.8) is 0 Å². The molecule has 114 valence electrons. The Balaban J connectivity index is 1.63. The van der Waals surface area contributed by atoms with Crippen LogP contribution in [0.4, 0.5) is 4.39 Å². The molecule has 7 heteroatoms.